The molecule has 0 bridgehead atoms. The molecule has 2 aromatic rings. The molecule has 2 saturated heterocycles. The van der Waals surface area contributed by atoms with Gasteiger partial charge >= 0.3 is 0 Å². The van der Waals surface area contributed by atoms with Crippen molar-refractivity contribution in [2.75, 3.05) is 38.7 Å². The number of rotatable bonds is 7. The highest BCUT2D eigenvalue weighted by atomic mass is 32.2. The number of carbonyl (C=O) groups is 1. The van der Waals surface area contributed by atoms with E-state index < -0.39 is 4.92 Å². The minimum Gasteiger partial charge on any atom is -0.378 e. The molecule has 10 nitrogen and oxygen atoms in total. The first kappa shape index (κ1) is 20.8. The fourth-order valence-corrected chi connectivity index (χ4v) is 4.38. The summed E-state index contributed by atoms with van der Waals surface area (Å²) >= 11 is 1.35. The van der Waals surface area contributed by atoms with Crippen LogP contribution in [0.2, 0.25) is 0 Å². The third kappa shape index (κ3) is 4.79. The average molecular weight is 433 g/mol. The molecule has 11 heteroatoms. The van der Waals surface area contributed by atoms with E-state index in [2.05, 4.69) is 10.2 Å². The molecule has 2 aliphatic rings. The van der Waals surface area contributed by atoms with E-state index >= 15 is 0 Å². The Morgan fingerprint density at radius 3 is 2.63 bits per heavy atom. The molecule has 0 saturated carbocycles. The van der Waals surface area contributed by atoms with Gasteiger partial charge < -0.3 is 14.4 Å². The zero-order valence-corrected chi connectivity index (χ0v) is 17.3. The van der Waals surface area contributed by atoms with Gasteiger partial charge in [0, 0.05) is 37.4 Å². The first-order valence-corrected chi connectivity index (χ1v) is 10.9. The molecule has 160 valence electrons. The van der Waals surface area contributed by atoms with Gasteiger partial charge in [-0.3, -0.25) is 19.5 Å². The van der Waals surface area contributed by atoms with Gasteiger partial charge in [-0.2, -0.15) is 0 Å². The summed E-state index contributed by atoms with van der Waals surface area (Å²) in [6.45, 7) is 3.66. The number of morpholine rings is 1. The molecule has 0 unspecified atom stereocenters. The summed E-state index contributed by atoms with van der Waals surface area (Å²) in [6.07, 6.45) is 2.03. The number of aromatic nitrogens is 3. The summed E-state index contributed by atoms with van der Waals surface area (Å²) < 4.78 is 13.0. The van der Waals surface area contributed by atoms with Crippen LogP contribution in [0, 0.1) is 10.1 Å². The molecule has 0 aliphatic carbocycles. The molecule has 0 spiro atoms. The number of ether oxygens (including phenoxy) is 2. The minimum absolute atomic E-state index is 0.0228. The van der Waals surface area contributed by atoms with E-state index in [0.29, 0.717) is 43.8 Å². The number of thioether (sulfide) groups is 1. The Bertz CT molecular complexity index is 891. The Morgan fingerprint density at radius 1 is 1.20 bits per heavy atom. The number of non-ortho nitro benzene ring substituents is 1. The quantitative estimate of drug-likeness (QED) is 0.370. The highest BCUT2D eigenvalue weighted by Crippen LogP contribution is 2.28. The van der Waals surface area contributed by atoms with Crippen LogP contribution in [0.15, 0.2) is 29.4 Å². The van der Waals surface area contributed by atoms with E-state index in [0.717, 1.165) is 25.0 Å². The number of benzene rings is 1. The van der Waals surface area contributed by atoms with E-state index in [1.54, 1.807) is 17.0 Å². The molecule has 3 heterocycles. The maximum atomic E-state index is 12.5. The largest absolute Gasteiger partial charge is 0.378 e. The lowest BCUT2D eigenvalue weighted by Crippen LogP contribution is -2.41. The fourth-order valence-electron chi connectivity index (χ4n) is 3.53. The molecular formula is C19H23N5O5S. The predicted octanol–water partition coefficient (Wildman–Crippen LogP) is 1.98. The summed E-state index contributed by atoms with van der Waals surface area (Å²) in [5.74, 6) is 0.928. The smallest absolute Gasteiger partial charge is 0.269 e. The standard InChI is InChI=1S/C19H23N5O5S/c25-17(22-7-10-28-11-8-22)13-30-19-21-20-18(23(19)12-16-2-1-9-29-16)14-3-5-15(6-4-14)24(26)27/h3-6,16H,1-2,7-13H2/t16-/m1/s1. The van der Waals surface area contributed by atoms with Crippen LogP contribution >= 0.6 is 11.8 Å². The molecule has 2 fully saturated rings. The van der Waals surface area contributed by atoms with Crippen LogP contribution < -0.4 is 0 Å². The van der Waals surface area contributed by atoms with E-state index in [1.807, 2.05) is 4.57 Å². The van der Waals surface area contributed by atoms with E-state index in [9.17, 15) is 14.9 Å². The molecule has 1 aromatic heterocycles. The van der Waals surface area contributed by atoms with Crippen molar-refractivity contribution in [1.82, 2.24) is 19.7 Å². The van der Waals surface area contributed by atoms with Crippen LogP contribution in [0.25, 0.3) is 11.4 Å². The first-order chi connectivity index (χ1) is 14.6. The highest BCUT2D eigenvalue weighted by Gasteiger charge is 2.24. The van der Waals surface area contributed by atoms with Crippen molar-refractivity contribution in [3.8, 4) is 11.4 Å². The Balaban J connectivity index is 1.53. The summed E-state index contributed by atoms with van der Waals surface area (Å²) in [4.78, 5) is 24.8. The number of amides is 1. The number of nitrogens with zero attached hydrogens (tertiary/aromatic N) is 5. The van der Waals surface area contributed by atoms with Crippen molar-refractivity contribution in [2.45, 2.75) is 30.6 Å². The normalized spacial score (nSPS) is 19.2. The van der Waals surface area contributed by atoms with Gasteiger partial charge in [0.1, 0.15) is 0 Å². The number of hydrogen-bond acceptors (Lipinski definition) is 8. The van der Waals surface area contributed by atoms with E-state index in [-0.39, 0.29) is 23.5 Å². The second-order valence-corrected chi connectivity index (χ2v) is 8.08. The van der Waals surface area contributed by atoms with Crippen LogP contribution in [-0.2, 0) is 20.8 Å². The van der Waals surface area contributed by atoms with Crippen molar-refractivity contribution < 1.29 is 19.2 Å². The summed E-state index contributed by atoms with van der Waals surface area (Å²) in [6, 6.07) is 6.24. The van der Waals surface area contributed by atoms with E-state index in [1.165, 1.54) is 23.9 Å². The molecule has 1 amide bonds. The molecule has 30 heavy (non-hydrogen) atoms. The van der Waals surface area contributed by atoms with Gasteiger partial charge in [-0.15, -0.1) is 10.2 Å². The van der Waals surface area contributed by atoms with Gasteiger partial charge in [0.05, 0.1) is 36.5 Å². The zero-order chi connectivity index (χ0) is 20.9. The van der Waals surface area contributed by atoms with Gasteiger partial charge in [-0.05, 0) is 25.0 Å². The summed E-state index contributed by atoms with van der Waals surface area (Å²) in [5, 5.41) is 20.2. The fraction of sp³-hybridized carbons (Fsp3) is 0.526. The van der Waals surface area contributed by atoms with Crippen LogP contribution in [0.5, 0.6) is 0 Å². The van der Waals surface area contributed by atoms with Crippen LogP contribution in [0.1, 0.15) is 12.8 Å². The van der Waals surface area contributed by atoms with Crippen LogP contribution in [-0.4, -0.2) is 75.3 Å². The van der Waals surface area contributed by atoms with Gasteiger partial charge in [0.25, 0.3) is 5.69 Å². The maximum Gasteiger partial charge on any atom is 0.269 e. The number of hydrogen-bond donors (Lipinski definition) is 0. The Labute approximate surface area is 177 Å². The maximum absolute atomic E-state index is 12.5. The SMILES string of the molecule is O=C(CSc1nnc(-c2ccc([N+](=O)[O-])cc2)n1C[C@H]1CCCO1)N1CCOCC1. The third-order valence-electron chi connectivity index (χ3n) is 5.15. The lowest BCUT2D eigenvalue weighted by molar-refractivity contribution is -0.384. The lowest BCUT2D eigenvalue weighted by Gasteiger charge is -2.26. The molecular weight excluding hydrogens is 410 g/mol. The first-order valence-electron chi connectivity index (χ1n) is 9.90. The Kier molecular flexibility index (Phi) is 6.60. The minimum atomic E-state index is -0.431. The average Bonchev–Trinajstić information content (AvgIpc) is 3.43. The Hall–Kier alpha value is -2.50. The van der Waals surface area contributed by atoms with Crippen molar-refractivity contribution in [1.29, 1.82) is 0 Å². The zero-order valence-electron chi connectivity index (χ0n) is 16.4. The van der Waals surface area contributed by atoms with Crippen LogP contribution in [0.4, 0.5) is 5.69 Å². The Morgan fingerprint density at radius 2 is 1.97 bits per heavy atom. The van der Waals surface area contributed by atoms with Crippen molar-refractivity contribution in [2.24, 2.45) is 0 Å². The summed E-state index contributed by atoms with van der Waals surface area (Å²) in [7, 11) is 0. The predicted molar refractivity (Wildman–Crippen MR) is 109 cm³/mol. The van der Waals surface area contributed by atoms with Crippen molar-refractivity contribution in [3.05, 3.63) is 34.4 Å². The van der Waals surface area contributed by atoms with Gasteiger partial charge in [0.2, 0.25) is 5.91 Å². The summed E-state index contributed by atoms with van der Waals surface area (Å²) in [5.41, 5.74) is 0.757. The lowest BCUT2D eigenvalue weighted by atomic mass is 10.2. The van der Waals surface area contributed by atoms with Crippen LogP contribution in [0.3, 0.4) is 0 Å². The second-order valence-electron chi connectivity index (χ2n) is 7.14. The molecule has 1 aromatic carbocycles. The topological polar surface area (TPSA) is 113 Å². The van der Waals surface area contributed by atoms with Gasteiger partial charge in [0.15, 0.2) is 11.0 Å². The molecule has 1 atom stereocenters. The van der Waals surface area contributed by atoms with Crippen molar-refractivity contribution >= 4 is 23.4 Å². The van der Waals surface area contributed by atoms with E-state index in [4.69, 9.17) is 9.47 Å². The molecule has 0 radical (unpaired) electrons. The second kappa shape index (κ2) is 9.54. The third-order valence-corrected chi connectivity index (χ3v) is 6.10. The van der Waals surface area contributed by atoms with Gasteiger partial charge in [-0.1, -0.05) is 11.8 Å². The number of carbonyl (C=O) groups excluding carboxylic acids is 1. The molecule has 0 N–H and O–H groups in total. The number of nitro benzene ring substituents is 1. The highest BCUT2D eigenvalue weighted by molar-refractivity contribution is 7.99. The number of nitro groups is 1. The molecule has 4 rings (SSSR count). The molecule has 2 aliphatic heterocycles. The van der Waals surface area contributed by atoms with Gasteiger partial charge in [-0.25, -0.2) is 0 Å². The van der Waals surface area contributed by atoms with Crippen molar-refractivity contribution in [3.63, 3.8) is 0 Å². The monoisotopic (exact) mass is 433 g/mol.